The summed E-state index contributed by atoms with van der Waals surface area (Å²) in [6.45, 7) is 2.62. The molecule has 0 fully saturated rings. The molecule has 0 amide bonds. The molecular weight excluding hydrogens is 384 g/mol. The third-order valence-electron chi connectivity index (χ3n) is 5.13. The predicted octanol–water partition coefficient (Wildman–Crippen LogP) is 6.23. The van der Waals surface area contributed by atoms with E-state index in [1.54, 1.807) is 6.33 Å². The van der Waals surface area contributed by atoms with Gasteiger partial charge in [0.25, 0.3) is 0 Å². The Kier molecular flexibility index (Phi) is 5.07. The number of hydrogen-bond donors (Lipinski definition) is 1. The molecule has 5 aromatic rings. The molecule has 2 heterocycles. The average molecular weight is 406 g/mol. The molecule has 0 atom stereocenters. The summed E-state index contributed by atoms with van der Waals surface area (Å²) in [7, 11) is 0. The Bertz CT molecular complexity index is 1300. The average Bonchev–Trinajstić information content (AvgIpc) is 3.22. The molecule has 0 aliphatic heterocycles. The maximum absolute atomic E-state index is 5.55. The van der Waals surface area contributed by atoms with E-state index in [2.05, 4.69) is 50.3 Å². The van der Waals surface area contributed by atoms with Crippen LogP contribution in [0.15, 0.2) is 97.5 Å². The molecule has 5 nitrogen and oxygen atoms in total. The summed E-state index contributed by atoms with van der Waals surface area (Å²) in [5.41, 5.74) is 5.05. The molecule has 152 valence electrons. The summed E-state index contributed by atoms with van der Waals surface area (Å²) in [6.07, 6.45) is 3.74. The monoisotopic (exact) mass is 406 g/mol. The molecular formula is C26H22N4O. The lowest BCUT2D eigenvalue weighted by molar-refractivity contribution is 0.340. The van der Waals surface area contributed by atoms with Crippen molar-refractivity contribution in [2.75, 3.05) is 11.9 Å². The molecule has 0 radical (unpaired) electrons. The molecule has 5 rings (SSSR count). The minimum atomic E-state index is 0.646. The zero-order valence-electron chi connectivity index (χ0n) is 17.2. The molecule has 0 bridgehead atoms. The second kappa shape index (κ2) is 8.32. The van der Waals surface area contributed by atoms with Gasteiger partial charge in [0.05, 0.1) is 12.0 Å². The fourth-order valence-corrected chi connectivity index (χ4v) is 3.72. The Morgan fingerprint density at radius 2 is 1.55 bits per heavy atom. The highest BCUT2D eigenvalue weighted by molar-refractivity contribution is 6.03. The second-order valence-electron chi connectivity index (χ2n) is 7.12. The van der Waals surface area contributed by atoms with Crippen molar-refractivity contribution in [1.82, 2.24) is 14.5 Å². The fraction of sp³-hybridized carbons (Fsp3) is 0.0769. The quantitative estimate of drug-likeness (QED) is 0.363. The smallest absolute Gasteiger partial charge is 0.150 e. The van der Waals surface area contributed by atoms with Crippen LogP contribution in [0.4, 0.5) is 11.5 Å². The third kappa shape index (κ3) is 3.73. The Labute approximate surface area is 181 Å². The SMILES string of the molecule is CCOc1ccc(Nc2ncnc3c2c(-c2ccccc2)cn3-c2ccccc2)cc1. The van der Waals surface area contributed by atoms with Crippen LogP contribution in [0.5, 0.6) is 5.75 Å². The number of fused-ring (bicyclic) bond motifs is 1. The standard InChI is InChI=1S/C26H22N4O/c1-2-31-22-15-13-20(14-16-22)29-25-24-23(19-9-5-3-6-10-19)17-30(26(24)28-18-27-25)21-11-7-4-8-12-21/h3-18H,2H2,1H3,(H,27,28,29). The van der Waals surface area contributed by atoms with Crippen LogP contribution in [0.2, 0.25) is 0 Å². The lowest BCUT2D eigenvalue weighted by atomic mass is 10.1. The number of nitrogens with zero attached hydrogens (tertiary/aromatic N) is 3. The van der Waals surface area contributed by atoms with Crippen molar-refractivity contribution in [1.29, 1.82) is 0 Å². The van der Waals surface area contributed by atoms with Crippen molar-refractivity contribution in [3.8, 4) is 22.6 Å². The third-order valence-corrected chi connectivity index (χ3v) is 5.13. The largest absolute Gasteiger partial charge is 0.494 e. The zero-order valence-corrected chi connectivity index (χ0v) is 17.2. The van der Waals surface area contributed by atoms with E-state index >= 15 is 0 Å². The minimum absolute atomic E-state index is 0.646. The van der Waals surface area contributed by atoms with Gasteiger partial charge in [0.2, 0.25) is 0 Å². The molecule has 0 aliphatic carbocycles. The first-order chi connectivity index (χ1) is 15.3. The minimum Gasteiger partial charge on any atom is -0.494 e. The first kappa shape index (κ1) is 18.9. The summed E-state index contributed by atoms with van der Waals surface area (Å²) in [5, 5.41) is 4.45. The number of benzene rings is 3. The van der Waals surface area contributed by atoms with Crippen LogP contribution in [-0.2, 0) is 0 Å². The lowest BCUT2D eigenvalue weighted by Gasteiger charge is -2.10. The molecule has 5 heteroatoms. The number of rotatable bonds is 6. The first-order valence-electron chi connectivity index (χ1n) is 10.3. The summed E-state index contributed by atoms with van der Waals surface area (Å²) >= 11 is 0. The van der Waals surface area contributed by atoms with Gasteiger partial charge >= 0.3 is 0 Å². The van der Waals surface area contributed by atoms with Gasteiger partial charge in [-0.2, -0.15) is 0 Å². The Balaban J connectivity index is 1.66. The van der Waals surface area contributed by atoms with Crippen LogP contribution in [0, 0.1) is 0 Å². The molecule has 2 aromatic heterocycles. The van der Waals surface area contributed by atoms with E-state index in [9.17, 15) is 0 Å². The van der Waals surface area contributed by atoms with Gasteiger partial charge in [0.15, 0.2) is 5.65 Å². The maximum atomic E-state index is 5.55. The zero-order chi connectivity index (χ0) is 21.0. The number of hydrogen-bond acceptors (Lipinski definition) is 4. The van der Waals surface area contributed by atoms with Crippen molar-refractivity contribution in [3.05, 3.63) is 97.5 Å². The van der Waals surface area contributed by atoms with Gasteiger partial charge in [0, 0.05) is 23.1 Å². The van der Waals surface area contributed by atoms with Gasteiger partial charge in [-0.25, -0.2) is 9.97 Å². The first-order valence-corrected chi connectivity index (χ1v) is 10.3. The lowest BCUT2D eigenvalue weighted by Crippen LogP contribution is -1.98. The van der Waals surface area contributed by atoms with Crippen LogP contribution in [-0.4, -0.2) is 21.1 Å². The number of aromatic nitrogens is 3. The molecule has 0 spiro atoms. The highest BCUT2D eigenvalue weighted by atomic mass is 16.5. The van der Waals surface area contributed by atoms with Gasteiger partial charge in [-0.3, -0.25) is 0 Å². The van der Waals surface area contributed by atoms with E-state index in [4.69, 9.17) is 4.74 Å². The van der Waals surface area contributed by atoms with Gasteiger partial charge in [-0.15, -0.1) is 0 Å². The van der Waals surface area contributed by atoms with Crippen LogP contribution >= 0.6 is 0 Å². The van der Waals surface area contributed by atoms with Gasteiger partial charge < -0.3 is 14.6 Å². The summed E-state index contributed by atoms with van der Waals surface area (Å²) in [5.74, 6) is 1.61. The van der Waals surface area contributed by atoms with E-state index in [0.717, 1.165) is 45.1 Å². The summed E-state index contributed by atoms with van der Waals surface area (Å²) in [4.78, 5) is 9.22. The van der Waals surface area contributed by atoms with E-state index in [1.807, 2.05) is 67.6 Å². The Morgan fingerprint density at radius 1 is 0.839 bits per heavy atom. The molecule has 0 unspecified atom stereocenters. The van der Waals surface area contributed by atoms with E-state index in [1.165, 1.54) is 0 Å². The van der Waals surface area contributed by atoms with Gasteiger partial charge in [-0.05, 0) is 48.9 Å². The van der Waals surface area contributed by atoms with E-state index < -0.39 is 0 Å². The predicted molar refractivity (Wildman–Crippen MR) is 125 cm³/mol. The van der Waals surface area contributed by atoms with E-state index in [-0.39, 0.29) is 0 Å². The number of ether oxygens (including phenoxy) is 1. The normalized spacial score (nSPS) is 10.9. The number of para-hydroxylation sites is 1. The molecule has 3 aromatic carbocycles. The summed E-state index contributed by atoms with van der Waals surface area (Å²) in [6, 6.07) is 28.5. The number of anilines is 2. The van der Waals surface area contributed by atoms with E-state index in [0.29, 0.717) is 6.61 Å². The van der Waals surface area contributed by atoms with Crippen molar-refractivity contribution in [2.45, 2.75) is 6.92 Å². The molecule has 0 aliphatic rings. The van der Waals surface area contributed by atoms with Crippen LogP contribution in [0.3, 0.4) is 0 Å². The molecule has 0 saturated heterocycles. The Hall–Kier alpha value is -4.12. The molecule has 1 N–H and O–H groups in total. The van der Waals surface area contributed by atoms with Crippen molar-refractivity contribution in [2.24, 2.45) is 0 Å². The molecule has 31 heavy (non-hydrogen) atoms. The highest BCUT2D eigenvalue weighted by Gasteiger charge is 2.17. The highest BCUT2D eigenvalue weighted by Crippen LogP contribution is 2.36. The maximum Gasteiger partial charge on any atom is 0.150 e. The topological polar surface area (TPSA) is 52.0 Å². The van der Waals surface area contributed by atoms with Crippen LogP contribution < -0.4 is 10.1 Å². The van der Waals surface area contributed by atoms with Crippen LogP contribution in [0.25, 0.3) is 27.8 Å². The second-order valence-corrected chi connectivity index (χ2v) is 7.12. The Morgan fingerprint density at radius 3 is 2.26 bits per heavy atom. The van der Waals surface area contributed by atoms with Crippen LogP contribution in [0.1, 0.15) is 6.92 Å². The van der Waals surface area contributed by atoms with Crippen molar-refractivity contribution in [3.63, 3.8) is 0 Å². The molecule has 0 saturated carbocycles. The van der Waals surface area contributed by atoms with Gasteiger partial charge in [-0.1, -0.05) is 48.5 Å². The van der Waals surface area contributed by atoms with Crippen molar-refractivity contribution < 1.29 is 4.74 Å². The van der Waals surface area contributed by atoms with Gasteiger partial charge in [0.1, 0.15) is 17.9 Å². The summed E-state index contributed by atoms with van der Waals surface area (Å²) < 4.78 is 7.67. The van der Waals surface area contributed by atoms with Crippen molar-refractivity contribution >= 4 is 22.5 Å². The fourth-order valence-electron chi connectivity index (χ4n) is 3.72. The number of nitrogens with one attached hydrogen (secondary N) is 1.